The molecular formula is C9H12N2O3S. The first-order chi connectivity index (χ1) is 6.99. The Hall–Kier alpha value is -1.43. The van der Waals surface area contributed by atoms with Crippen LogP contribution in [-0.2, 0) is 11.8 Å². The summed E-state index contributed by atoms with van der Waals surface area (Å²) in [5, 5.41) is 0. The van der Waals surface area contributed by atoms with Crippen molar-refractivity contribution in [3.8, 4) is 0 Å². The van der Waals surface area contributed by atoms with Crippen LogP contribution in [0.5, 0.6) is 0 Å². The molecule has 1 N–H and O–H groups in total. The highest BCUT2D eigenvalue weighted by molar-refractivity contribution is 7.71. The van der Waals surface area contributed by atoms with E-state index in [-0.39, 0.29) is 22.5 Å². The van der Waals surface area contributed by atoms with Gasteiger partial charge in [0.1, 0.15) is 10.2 Å². The Labute approximate surface area is 91.7 Å². The summed E-state index contributed by atoms with van der Waals surface area (Å²) in [6.07, 6.45) is 0. The maximum absolute atomic E-state index is 11.5. The molecule has 0 radical (unpaired) electrons. The molecule has 1 aromatic rings. The summed E-state index contributed by atoms with van der Waals surface area (Å²) in [7, 11) is 1.56. The third-order valence-corrected chi connectivity index (χ3v) is 2.40. The SMILES string of the molecule is CCOC(=O)c1c(C)n(C)c(=O)[nH]c1=S. The van der Waals surface area contributed by atoms with E-state index < -0.39 is 5.97 Å². The van der Waals surface area contributed by atoms with Gasteiger partial charge >= 0.3 is 11.7 Å². The van der Waals surface area contributed by atoms with Crippen LogP contribution in [0.15, 0.2) is 4.79 Å². The molecule has 0 amide bonds. The van der Waals surface area contributed by atoms with Crippen molar-refractivity contribution < 1.29 is 9.53 Å². The number of ether oxygens (including phenoxy) is 1. The molecule has 0 aliphatic rings. The summed E-state index contributed by atoms with van der Waals surface area (Å²) >= 11 is 4.91. The highest BCUT2D eigenvalue weighted by Gasteiger charge is 2.15. The summed E-state index contributed by atoms with van der Waals surface area (Å²) in [6.45, 7) is 3.63. The molecule has 0 unspecified atom stereocenters. The van der Waals surface area contributed by atoms with Gasteiger partial charge in [-0.05, 0) is 13.8 Å². The van der Waals surface area contributed by atoms with Gasteiger partial charge in [-0.3, -0.25) is 4.98 Å². The van der Waals surface area contributed by atoms with Crippen LogP contribution in [0, 0.1) is 11.6 Å². The third kappa shape index (κ3) is 2.15. The van der Waals surface area contributed by atoms with Crippen LogP contribution >= 0.6 is 12.2 Å². The van der Waals surface area contributed by atoms with Crippen molar-refractivity contribution in [1.29, 1.82) is 0 Å². The number of aromatic nitrogens is 2. The van der Waals surface area contributed by atoms with Gasteiger partial charge in [-0.1, -0.05) is 12.2 Å². The molecule has 0 aliphatic heterocycles. The van der Waals surface area contributed by atoms with Crippen molar-refractivity contribution in [2.24, 2.45) is 7.05 Å². The Morgan fingerprint density at radius 2 is 2.20 bits per heavy atom. The van der Waals surface area contributed by atoms with E-state index in [0.717, 1.165) is 0 Å². The number of H-pyrrole nitrogens is 1. The smallest absolute Gasteiger partial charge is 0.342 e. The predicted molar refractivity (Wildman–Crippen MR) is 57.6 cm³/mol. The molecule has 5 nitrogen and oxygen atoms in total. The number of hydrogen-bond donors (Lipinski definition) is 1. The summed E-state index contributed by atoms with van der Waals surface area (Å²) in [5.74, 6) is -0.508. The van der Waals surface area contributed by atoms with Crippen LogP contribution in [0.25, 0.3) is 0 Å². The fourth-order valence-corrected chi connectivity index (χ4v) is 1.49. The number of rotatable bonds is 2. The van der Waals surface area contributed by atoms with Gasteiger partial charge in [0.15, 0.2) is 0 Å². The molecule has 0 aromatic carbocycles. The van der Waals surface area contributed by atoms with E-state index in [9.17, 15) is 9.59 Å². The zero-order valence-corrected chi connectivity index (χ0v) is 9.60. The molecule has 0 saturated heterocycles. The molecule has 1 heterocycles. The molecule has 6 heteroatoms. The number of nitrogens with zero attached hydrogens (tertiary/aromatic N) is 1. The number of carbonyl (C=O) groups is 1. The minimum atomic E-state index is -0.508. The first-order valence-corrected chi connectivity index (χ1v) is 4.86. The topological polar surface area (TPSA) is 64.1 Å². The monoisotopic (exact) mass is 228 g/mol. The predicted octanol–water partition coefficient (Wildman–Crippen LogP) is 0.928. The van der Waals surface area contributed by atoms with E-state index in [1.54, 1.807) is 20.9 Å². The Kier molecular flexibility index (Phi) is 3.41. The molecule has 15 heavy (non-hydrogen) atoms. The zero-order chi connectivity index (χ0) is 11.6. The van der Waals surface area contributed by atoms with Crippen molar-refractivity contribution >= 4 is 18.2 Å². The second-order valence-corrected chi connectivity index (χ2v) is 3.41. The summed E-state index contributed by atoms with van der Waals surface area (Å²) < 4.78 is 6.28. The van der Waals surface area contributed by atoms with Crippen LogP contribution < -0.4 is 5.69 Å². The summed E-state index contributed by atoms with van der Waals surface area (Å²) in [5.41, 5.74) is 0.404. The largest absolute Gasteiger partial charge is 0.462 e. The molecule has 0 aliphatic carbocycles. The maximum atomic E-state index is 11.5. The van der Waals surface area contributed by atoms with Crippen molar-refractivity contribution in [1.82, 2.24) is 9.55 Å². The summed E-state index contributed by atoms with van der Waals surface area (Å²) in [6, 6.07) is 0. The van der Waals surface area contributed by atoms with Crippen LogP contribution in [-0.4, -0.2) is 22.1 Å². The Bertz CT molecular complexity index is 501. The second-order valence-electron chi connectivity index (χ2n) is 3.00. The first kappa shape index (κ1) is 11.6. The van der Waals surface area contributed by atoms with Gasteiger partial charge in [-0.15, -0.1) is 0 Å². The molecule has 82 valence electrons. The molecule has 0 fully saturated rings. The van der Waals surface area contributed by atoms with Crippen LogP contribution in [0.3, 0.4) is 0 Å². The van der Waals surface area contributed by atoms with Crippen molar-refractivity contribution in [2.45, 2.75) is 13.8 Å². The lowest BCUT2D eigenvalue weighted by Gasteiger charge is -2.08. The molecule has 0 saturated carbocycles. The minimum Gasteiger partial charge on any atom is -0.462 e. The van der Waals surface area contributed by atoms with Crippen molar-refractivity contribution in [3.05, 3.63) is 26.4 Å². The van der Waals surface area contributed by atoms with Gasteiger partial charge in [0.25, 0.3) is 0 Å². The van der Waals surface area contributed by atoms with Crippen LogP contribution in [0.4, 0.5) is 0 Å². The Morgan fingerprint density at radius 3 is 2.73 bits per heavy atom. The molecular weight excluding hydrogens is 216 g/mol. The van der Waals surface area contributed by atoms with E-state index in [0.29, 0.717) is 5.69 Å². The highest BCUT2D eigenvalue weighted by Crippen LogP contribution is 2.07. The van der Waals surface area contributed by atoms with Gasteiger partial charge in [0.05, 0.1) is 6.61 Å². The zero-order valence-electron chi connectivity index (χ0n) is 8.79. The number of esters is 1. The fraction of sp³-hybridized carbons (Fsp3) is 0.444. The average Bonchev–Trinajstić information content (AvgIpc) is 2.15. The average molecular weight is 228 g/mol. The van der Waals surface area contributed by atoms with Gasteiger partial charge in [-0.2, -0.15) is 0 Å². The number of aromatic amines is 1. The molecule has 0 spiro atoms. The normalized spacial score (nSPS) is 10.1. The van der Waals surface area contributed by atoms with Gasteiger partial charge in [0, 0.05) is 12.7 Å². The summed E-state index contributed by atoms with van der Waals surface area (Å²) in [4.78, 5) is 25.2. The lowest BCUT2D eigenvalue weighted by molar-refractivity contribution is 0.0523. The van der Waals surface area contributed by atoms with E-state index in [2.05, 4.69) is 4.98 Å². The van der Waals surface area contributed by atoms with Gasteiger partial charge in [0.2, 0.25) is 0 Å². The van der Waals surface area contributed by atoms with E-state index in [1.807, 2.05) is 0 Å². The fourth-order valence-electron chi connectivity index (χ4n) is 1.17. The van der Waals surface area contributed by atoms with Gasteiger partial charge in [-0.25, -0.2) is 9.59 Å². The lowest BCUT2D eigenvalue weighted by atomic mass is 10.2. The van der Waals surface area contributed by atoms with E-state index in [1.165, 1.54) is 4.57 Å². The first-order valence-electron chi connectivity index (χ1n) is 4.46. The highest BCUT2D eigenvalue weighted by atomic mass is 32.1. The number of hydrogen-bond acceptors (Lipinski definition) is 4. The molecule has 1 rings (SSSR count). The maximum Gasteiger partial charge on any atom is 0.342 e. The standard InChI is InChI=1S/C9H12N2O3S/c1-4-14-8(12)6-5(2)11(3)9(13)10-7(6)15/h4H2,1-3H3,(H,10,13,15). The molecule has 1 aromatic heterocycles. The molecule has 0 bridgehead atoms. The van der Waals surface area contributed by atoms with Crippen molar-refractivity contribution in [3.63, 3.8) is 0 Å². The third-order valence-electron chi connectivity index (χ3n) is 2.10. The van der Waals surface area contributed by atoms with Crippen molar-refractivity contribution in [2.75, 3.05) is 6.61 Å². The quantitative estimate of drug-likeness (QED) is 0.604. The number of nitrogens with one attached hydrogen (secondary N) is 1. The second kappa shape index (κ2) is 4.39. The number of carbonyl (C=O) groups excluding carboxylic acids is 1. The van der Waals surface area contributed by atoms with E-state index >= 15 is 0 Å². The Morgan fingerprint density at radius 1 is 1.60 bits per heavy atom. The lowest BCUT2D eigenvalue weighted by Crippen LogP contribution is -2.26. The van der Waals surface area contributed by atoms with E-state index in [4.69, 9.17) is 17.0 Å². The Balaban J connectivity index is 3.43. The minimum absolute atomic E-state index is 0.119. The molecule has 0 atom stereocenters. The van der Waals surface area contributed by atoms with Crippen LogP contribution in [0.2, 0.25) is 0 Å². The van der Waals surface area contributed by atoms with Gasteiger partial charge < -0.3 is 9.30 Å². The van der Waals surface area contributed by atoms with Crippen LogP contribution in [0.1, 0.15) is 23.0 Å².